The van der Waals surface area contributed by atoms with Crippen LogP contribution in [0.25, 0.3) is 0 Å². The second-order valence-corrected chi connectivity index (χ2v) is 5.27. The number of carbonyl (C=O) groups is 1. The zero-order chi connectivity index (χ0) is 15.2. The van der Waals surface area contributed by atoms with Crippen molar-refractivity contribution in [2.24, 2.45) is 0 Å². The maximum absolute atomic E-state index is 12.4. The lowest BCUT2D eigenvalue weighted by molar-refractivity contribution is 0.0785. The summed E-state index contributed by atoms with van der Waals surface area (Å²) in [7, 11) is 1.78. The minimum absolute atomic E-state index is 0.0158. The molecule has 0 spiro atoms. The van der Waals surface area contributed by atoms with Crippen LogP contribution in [0.15, 0.2) is 48.5 Å². The van der Waals surface area contributed by atoms with Crippen molar-refractivity contribution < 1.29 is 4.79 Å². The number of hydrogen-bond acceptors (Lipinski definition) is 2. The van der Waals surface area contributed by atoms with Gasteiger partial charge in [0.25, 0.3) is 5.91 Å². The molecule has 1 N–H and O–H groups in total. The number of amides is 1. The molecule has 4 heteroatoms. The Morgan fingerprint density at radius 1 is 1.14 bits per heavy atom. The molecule has 0 bridgehead atoms. The third-order valence-corrected chi connectivity index (χ3v) is 3.59. The first-order chi connectivity index (χ1) is 10.1. The van der Waals surface area contributed by atoms with Crippen molar-refractivity contribution >= 4 is 23.2 Å². The van der Waals surface area contributed by atoms with Gasteiger partial charge in [-0.1, -0.05) is 29.8 Å². The third kappa shape index (κ3) is 3.99. The number of carbonyl (C=O) groups excluding carboxylic acids is 1. The second kappa shape index (κ2) is 7.14. The Balaban J connectivity index is 2.07. The molecule has 0 heterocycles. The Hall–Kier alpha value is -2.00. The normalized spacial score (nSPS) is 10.2. The van der Waals surface area contributed by atoms with Crippen LogP contribution < -0.4 is 5.32 Å². The molecule has 2 rings (SSSR count). The number of anilines is 1. The fourth-order valence-corrected chi connectivity index (χ4v) is 2.30. The monoisotopic (exact) mass is 302 g/mol. The average molecular weight is 303 g/mol. The summed E-state index contributed by atoms with van der Waals surface area (Å²) < 4.78 is 0. The highest BCUT2D eigenvalue weighted by Crippen LogP contribution is 2.18. The van der Waals surface area contributed by atoms with E-state index in [1.807, 2.05) is 55.5 Å². The predicted octanol–water partition coefficient (Wildman–Crippen LogP) is 4.04. The van der Waals surface area contributed by atoms with E-state index in [-0.39, 0.29) is 5.91 Å². The molecule has 0 radical (unpaired) electrons. The van der Waals surface area contributed by atoms with Crippen LogP contribution in [0.1, 0.15) is 22.8 Å². The van der Waals surface area contributed by atoms with Gasteiger partial charge in [-0.05, 0) is 42.8 Å². The Kier molecular flexibility index (Phi) is 5.23. The Labute approximate surface area is 130 Å². The lowest BCUT2D eigenvalue weighted by Gasteiger charge is -2.18. The van der Waals surface area contributed by atoms with Crippen molar-refractivity contribution in [3.8, 4) is 0 Å². The van der Waals surface area contributed by atoms with Crippen LogP contribution >= 0.6 is 11.6 Å². The van der Waals surface area contributed by atoms with Gasteiger partial charge in [-0.15, -0.1) is 0 Å². The second-order valence-electron chi connectivity index (χ2n) is 4.86. The first kappa shape index (κ1) is 15.4. The van der Waals surface area contributed by atoms with Gasteiger partial charge in [0.05, 0.1) is 0 Å². The lowest BCUT2D eigenvalue weighted by atomic mass is 10.1. The molecule has 2 aromatic rings. The summed E-state index contributed by atoms with van der Waals surface area (Å²) >= 11 is 6.13. The molecular weight excluding hydrogens is 284 g/mol. The summed E-state index contributed by atoms with van der Waals surface area (Å²) in [6.45, 7) is 3.39. The van der Waals surface area contributed by atoms with E-state index in [0.717, 1.165) is 17.8 Å². The zero-order valence-electron chi connectivity index (χ0n) is 12.3. The van der Waals surface area contributed by atoms with Crippen molar-refractivity contribution in [2.75, 3.05) is 18.9 Å². The minimum atomic E-state index is -0.0158. The molecule has 0 aliphatic carbocycles. The van der Waals surface area contributed by atoms with Gasteiger partial charge >= 0.3 is 0 Å². The number of nitrogens with zero attached hydrogens (tertiary/aromatic N) is 1. The molecule has 3 nitrogen and oxygen atoms in total. The van der Waals surface area contributed by atoms with Gasteiger partial charge in [0, 0.05) is 36.4 Å². The standard InChI is InChI=1S/C17H19ClN2O/c1-3-19-15-10-8-13(9-11-15)17(21)20(2)12-14-6-4-5-7-16(14)18/h4-11,19H,3,12H2,1-2H3. The summed E-state index contributed by atoms with van der Waals surface area (Å²) in [5.41, 5.74) is 2.63. The van der Waals surface area contributed by atoms with E-state index >= 15 is 0 Å². The molecule has 0 saturated carbocycles. The molecule has 0 atom stereocenters. The quantitative estimate of drug-likeness (QED) is 0.904. The van der Waals surface area contributed by atoms with E-state index in [2.05, 4.69) is 5.32 Å². The first-order valence-electron chi connectivity index (χ1n) is 6.94. The highest BCUT2D eigenvalue weighted by atomic mass is 35.5. The summed E-state index contributed by atoms with van der Waals surface area (Å²) in [6.07, 6.45) is 0. The van der Waals surface area contributed by atoms with Crippen LogP contribution in [0, 0.1) is 0 Å². The molecule has 0 unspecified atom stereocenters. The number of halogens is 1. The van der Waals surface area contributed by atoms with E-state index in [0.29, 0.717) is 17.1 Å². The van der Waals surface area contributed by atoms with Gasteiger partial charge in [0.2, 0.25) is 0 Å². The Morgan fingerprint density at radius 2 is 1.81 bits per heavy atom. The molecule has 110 valence electrons. The minimum Gasteiger partial charge on any atom is -0.385 e. The zero-order valence-corrected chi connectivity index (χ0v) is 13.0. The maximum atomic E-state index is 12.4. The van der Waals surface area contributed by atoms with E-state index in [9.17, 15) is 4.79 Å². The SMILES string of the molecule is CCNc1ccc(C(=O)N(C)Cc2ccccc2Cl)cc1. The predicted molar refractivity (Wildman–Crippen MR) is 87.9 cm³/mol. The molecule has 0 saturated heterocycles. The van der Waals surface area contributed by atoms with E-state index in [1.54, 1.807) is 11.9 Å². The van der Waals surface area contributed by atoms with E-state index < -0.39 is 0 Å². The van der Waals surface area contributed by atoms with Crippen LogP contribution in [-0.4, -0.2) is 24.4 Å². The molecule has 1 amide bonds. The Morgan fingerprint density at radius 3 is 2.43 bits per heavy atom. The van der Waals surface area contributed by atoms with Crippen molar-refractivity contribution in [1.29, 1.82) is 0 Å². The van der Waals surface area contributed by atoms with E-state index in [1.165, 1.54) is 0 Å². The molecule has 21 heavy (non-hydrogen) atoms. The van der Waals surface area contributed by atoms with Crippen LogP contribution in [0.2, 0.25) is 5.02 Å². The molecule has 0 aromatic heterocycles. The van der Waals surface area contributed by atoms with Crippen LogP contribution in [0.3, 0.4) is 0 Å². The maximum Gasteiger partial charge on any atom is 0.253 e. The number of nitrogens with one attached hydrogen (secondary N) is 1. The Bertz CT molecular complexity index is 610. The van der Waals surface area contributed by atoms with Gasteiger partial charge in [-0.2, -0.15) is 0 Å². The van der Waals surface area contributed by atoms with Crippen molar-refractivity contribution in [2.45, 2.75) is 13.5 Å². The molecule has 0 aliphatic rings. The lowest BCUT2D eigenvalue weighted by Crippen LogP contribution is -2.26. The van der Waals surface area contributed by atoms with Crippen LogP contribution in [-0.2, 0) is 6.54 Å². The fraction of sp³-hybridized carbons (Fsp3) is 0.235. The van der Waals surface area contributed by atoms with Crippen molar-refractivity contribution in [3.63, 3.8) is 0 Å². The molecule has 2 aromatic carbocycles. The van der Waals surface area contributed by atoms with Crippen LogP contribution in [0.4, 0.5) is 5.69 Å². The van der Waals surface area contributed by atoms with Crippen molar-refractivity contribution in [3.05, 3.63) is 64.7 Å². The summed E-state index contributed by atoms with van der Waals surface area (Å²) in [5, 5.41) is 3.89. The average Bonchev–Trinajstić information content (AvgIpc) is 2.50. The van der Waals surface area contributed by atoms with Gasteiger partial charge in [-0.3, -0.25) is 4.79 Å². The molecular formula is C17H19ClN2O. The van der Waals surface area contributed by atoms with Crippen LogP contribution in [0.5, 0.6) is 0 Å². The largest absolute Gasteiger partial charge is 0.385 e. The van der Waals surface area contributed by atoms with Gasteiger partial charge < -0.3 is 10.2 Å². The fourth-order valence-electron chi connectivity index (χ4n) is 2.11. The summed E-state index contributed by atoms with van der Waals surface area (Å²) in [5.74, 6) is -0.0158. The smallest absolute Gasteiger partial charge is 0.253 e. The number of benzene rings is 2. The summed E-state index contributed by atoms with van der Waals surface area (Å²) in [6, 6.07) is 15.1. The first-order valence-corrected chi connectivity index (χ1v) is 7.32. The van der Waals surface area contributed by atoms with E-state index in [4.69, 9.17) is 11.6 Å². The molecule has 0 aliphatic heterocycles. The summed E-state index contributed by atoms with van der Waals surface area (Å²) in [4.78, 5) is 14.1. The third-order valence-electron chi connectivity index (χ3n) is 3.22. The highest BCUT2D eigenvalue weighted by molar-refractivity contribution is 6.31. The van der Waals surface area contributed by atoms with Crippen molar-refractivity contribution in [1.82, 2.24) is 4.90 Å². The molecule has 0 fully saturated rings. The van der Waals surface area contributed by atoms with Gasteiger partial charge in [-0.25, -0.2) is 0 Å². The highest BCUT2D eigenvalue weighted by Gasteiger charge is 2.13. The number of hydrogen-bond donors (Lipinski definition) is 1. The number of rotatable bonds is 5. The van der Waals surface area contributed by atoms with Gasteiger partial charge in [0.15, 0.2) is 0 Å². The topological polar surface area (TPSA) is 32.3 Å². The van der Waals surface area contributed by atoms with Gasteiger partial charge in [0.1, 0.15) is 0 Å².